The van der Waals surface area contributed by atoms with Crippen LogP contribution in [0.25, 0.3) is 0 Å². The average molecular weight is 185 g/mol. The zero-order chi connectivity index (χ0) is 10.6. The Bertz CT molecular complexity index is 175. The number of rotatable bonds is 5. The predicted molar refractivity (Wildman–Crippen MR) is 56.8 cm³/mol. The van der Waals surface area contributed by atoms with E-state index in [1.165, 1.54) is 0 Å². The van der Waals surface area contributed by atoms with E-state index >= 15 is 0 Å². The Hall–Kier alpha value is -0.370. The smallest absolute Gasteiger partial charge is 0.136 e. The number of Topliss-reactive ketones (excluding diaryl/α,β-unsaturated/α-hetero) is 1. The van der Waals surface area contributed by atoms with Crippen LogP contribution in [0.5, 0.6) is 0 Å². The molecular formula is C11H23NO. The summed E-state index contributed by atoms with van der Waals surface area (Å²) >= 11 is 0. The lowest BCUT2D eigenvalue weighted by molar-refractivity contribution is -0.125. The maximum Gasteiger partial charge on any atom is 0.136 e. The van der Waals surface area contributed by atoms with Crippen molar-refractivity contribution in [2.45, 2.75) is 47.1 Å². The molecule has 0 aliphatic heterocycles. The third kappa shape index (κ3) is 3.90. The van der Waals surface area contributed by atoms with Gasteiger partial charge in [0.15, 0.2) is 0 Å². The molecule has 0 N–H and O–H groups in total. The van der Waals surface area contributed by atoms with Crippen LogP contribution in [0, 0.1) is 5.41 Å². The molecule has 0 saturated heterocycles. The maximum absolute atomic E-state index is 11.3. The van der Waals surface area contributed by atoms with Gasteiger partial charge in [0.2, 0.25) is 0 Å². The minimum Gasteiger partial charge on any atom is -0.303 e. The predicted octanol–water partition coefficient (Wildman–Crippen LogP) is 2.33. The second-order valence-electron chi connectivity index (χ2n) is 4.61. The average Bonchev–Trinajstić information content (AvgIpc) is 2.01. The molecule has 0 radical (unpaired) electrons. The Morgan fingerprint density at radius 2 is 1.92 bits per heavy atom. The molecule has 1 unspecified atom stereocenters. The van der Waals surface area contributed by atoms with Gasteiger partial charge in [-0.15, -0.1) is 0 Å². The van der Waals surface area contributed by atoms with E-state index in [-0.39, 0.29) is 11.2 Å². The van der Waals surface area contributed by atoms with E-state index in [4.69, 9.17) is 0 Å². The lowest BCUT2D eigenvalue weighted by atomic mass is 9.88. The van der Waals surface area contributed by atoms with Crippen molar-refractivity contribution in [2.24, 2.45) is 5.41 Å². The SMILES string of the molecule is CCC(C)N(C)CC(C)(C)C(C)=O. The highest BCUT2D eigenvalue weighted by Gasteiger charge is 2.26. The molecule has 0 saturated carbocycles. The highest BCUT2D eigenvalue weighted by Crippen LogP contribution is 2.19. The highest BCUT2D eigenvalue weighted by atomic mass is 16.1. The summed E-state index contributed by atoms with van der Waals surface area (Å²) in [6.45, 7) is 10.9. The first-order valence-electron chi connectivity index (χ1n) is 5.02. The number of carbonyl (C=O) groups is 1. The third-order valence-corrected chi connectivity index (χ3v) is 2.94. The fourth-order valence-electron chi connectivity index (χ4n) is 1.20. The van der Waals surface area contributed by atoms with E-state index in [9.17, 15) is 4.79 Å². The van der Waals surface area contributed by atoms with Crippen LogP contribution in [0.1, 0.15) is 41.0 Å². The highest BCUT2D eigenvalue weighted by molar-refractivity contribution is 5.81. The fourth-order valence-corrected chi connectivity index (χ4v) is 1.20. The molecule has 78 valence electrons. The van der Waals surface area contributed by atoms with E-state index in [0.717, 1.165) is 13.0 Å². The van der Waals surface area contributed by atoms with Gasteiger partial charge in [-0.2, -0.15) is 0 Å². The van der Waals surface area contributed by atoms with Gasteiger partial charge < -0.3 is 4.90 Å². The van der Waals surface area contributed by atoms with Gasteiger partial charge in [-0.3, -0.25) is 4.79 Å². The van der Waals surface area contributed by atoms with Crippen LogP contribution in [-0.2, 0) is 4.79 Å². The summed E-state index contributed by atoms with van der Waals surface area (Å²) in [6.07, 6.45) is 1.13. The molecule has 0 fully saturated rings. The number of hydrogen-bond acceptors (Lipinski definition) is 2. The largest absolute Gasteiger partial charge is 0.303 e. The van der Waals surface area contributed by atoms with Gasteiger partial charge in [-0.25, -0.2) is 0 Å². The van der Waals surface area contributed by atoms with Crippen LogP contribution >= 0.6 is 0 Å². The maximum atomic E-state index is 11.3. The van der Waals surface area contributed by atoms with E-state index in [1.54, 1.807) is 6.92 Å². The quantitative estimate of drug-likeness (QED) is 0.655. The minimum atomic E-state index is -0.210. The molecule has 0 aromatic heterocycles. The molecule has 0 aliphatic rings. The van der Waals surface area contributed by atoms with Crippen LogP contribution in [-0.4, -0.2) is 30.3 Å². The molecule has 0 rings (SSSR count). The standard InChI is InChI=1S/C11H23NO/c1-7-9(2)12(6)8-11(4,5)10(3)13/h9H,7-8H2,1-6H3. The Labute approximate surface area is 82.3 Å². The molecule has 0 aromatic rings. The topological polar surface area (TPSA) is 20.3 Å². The summed E-state index contributed by atoms with van der Waals surface area (Å²) in [7, 11) is 2.08. The van der Waals surface area contributed by atoms with Crippen molar-refractivity contribution in [2.75, 3.05) is 13.6 Å². The number of carbonyl (C=O) groups excluding carboxylic acids is 1. The van der Waals surface area contributed by atoms with Gasteiger partial charge in [-0.1, -0.05) is 20.8 Å². The summed E-state index contributed by atoms with van der Waals surface area (Å²) in [4.78, 5) is 13.5. The van der Waals surface area contributed by atoms with Crippen LogP contribution < -0.4 is 0 Å². The Balaban J connectivity index is 4.19. The van der Waals surface area contributed by atoms with E-state index < -0.39 is 0 Å². The summed E-state index contributed by atoms with van der Waals surface area (Å²) in [6, 6.07) is 0.554. The number of hydrogen-bond donors (Lipinski definition) is 0. The first-order chi connectivity index (χ1) is 5.81. The van der Waals surface area contributed by atoms with Gasteiger partial charge in [0.25, 0.3) is 0 Å². The van der Waals surface area contributed by atoms with Gasteiger partial charge >= 0.3 is 0 Å². The third-order valence-electron chi connectivity index (χ3n) is 2.94. The van der Waals surface area contributed by atoms with Crippen molar-refractivity contribution in [1.82, 2.24) is 4.90 Å². The Morgan fingerprint density at radius 1 is 1.46 bits per heavy atom. The van der Waals surface area contributed by atoms with E-state index in [2.05, 4.69) is 25.8 Å². The lowest BCUT2D eigenvalue weighted by Gasteiger charge is -2.31. The number of nitrogens with zero attached hydrogens (tertiary/aromatic N) is 1. The second-order valence-corrected chi connectivity index (χ2v) is 4.61. The molecule has 0 bridgehead atoms. The Kier molecular flexibility index (Phi) is 4.62. The monoisotopic (exact) mass is 185 g/mol. The first-order valence-corrected chi connectivity index (χ1v) is 5.02. The van der Waals surface area contributed by atoms with E-state index in [0.29, 0.717) is 6.04 Å². The summed E-state index contributed by atoms with van der Waals surface area (Å²) in [5.41, 5.74) is -0.210. The number of ketones is 1. The summed E-state index contributed by atoms with van der Waals surface area (Å²) in [5.74, 6) is 0.266. The summed E-state index contributed by atoms with van der Waals surface area (Å²) in [5, 5.41) is 0. The van der Waals surface area contributed by atoms with Crippen molar-refractivity contribution >= 4 is 5.78 Å². The molecule has 0 heterocycles. The second kappa shape index (κ2) is 4.75. The molecule has 2 heteroatoms. The van der Waals surface area contributed by atoms with Crippen molar-refractivity contribution in [3.63, 3.8) is 0 Å². The van der Waals surface area contributed by atoms with Gasteiger partial charge in [-0.05, 0) is 27.3 Å². The molecule has 1 atom stereocenters. The molecule has 0 aliphatic carbocycles. The fraction of sp³-hybridized carbons (Fsp3) is 0.909. The van der Waals surface area contributed by atoms with Gasteiger partial charge in [0, 0.05) is 18.0 Å². The van der Waals surface area contributed by atoms with Crippen molar-refractivity contribution < 1.29 is 4.79 Å². The molecule has 0 aromatic carbocycles. The molecule has 0 amide bonds. The molecule has 2 nitrogen and oxygen atoms in total. The van der Waals surface area contributed by atoms with Crippen LogP contribution in [0.2, 0.25) is 0 Å². The van der Waals surface area contributed by atoms with Crippen LogP contribution in [0.3, 0.4) is 0 Å². The first kappa shape index (κ1) is 12.6. The molecular weight excluding hydrogens is 162 g/mol. The summed E-state index contributed by atoms with van der Waals surface area (Å²) < 4.78 is 0. The lowest BCUT2D eigenvalue weighted by Crippen LogP contribution is -2.40. The molecule has 13 heavy (non-hydrogen) atoms. The van der Waals surface area contributed by atoms with Gasteiger partial charge in [0.05, 0.1) is 0 Å². The van der Waals surface area contributed by atoms with Gasteiger partial charge in [0.1, 0.15) is 5.78 Å². The zero-order valence-electron chi connectivity index (χ0n) is 9.85. The van der Waals surface area contributed by atoms with Crippen molar-refractivity contribution in [1.29, 1.82) is 0 Å². The molecule has 0 spiro atoms. The minimum absolute atomic E-state index is 0.210. The van der Waals surface area contributed by atoms with Crippen molar-refractivity contribution in [3.05, 3.63) is 0 Å². The van der Waals surface area contributed by atoms with E-state index in [1.807, 2.05) is 13.8 Å². The Morgan fingerprint density at radius 3 is 2.23 bits per heavy atom. The van der Waals surface area contributed by atoms with Crippen LogP contribution in [0.15, 0.2) is 0 Å². The van der Waals surface area contributed by atoms with Crippen molar-refractivity contribution in [3.8, 4) is 0 Å². The van der Waals surface area contributed by atoms with Crippen LogP contribution in [0.4, 0.5) is 0 Å². The normalized spacial score (nSPS) is 14.7. The zero-order valence-corrected chi connectivity index (χ0v) is 9.85.